The van der Waals surface area contributed by atoms with E-state index in [2.05, 4.69) is 11.1 Å². The number of ether oxygens (including phenoxy) is 1. The van der Waals surface area contributed by atoms with Crippen LogP contribution in [0.2, 0.25) is 0 Å². The molecule has 23 heavy (non-hydrogen) atoms. The zero-order chi connectivity index (χ0) is 15.7. The van der Waals surface area contributed by atoms with E-state index >= 15 is 0 Å². The average Bonchev–Trinajstić information content (AvgIpc) is 2.95. The van der Waals surface area contributed by atoms with Crippen LogP contribution in [0.5, 0.6) is 0 Å². The van der Waals surface area contributed by atoms with E-state index in [9.17, 15) is 4.79 Å². The Balaban J connectivity index is 1.48. The second-order valence-corrected chi connectivity index (χ2v) is 7.32. The number of amides is 1. The second-order valence-electron chi connectivity index (χ2n) is 7.32. The third-order valence-corrected chi connectivity index (χ3v) is 5.79. The number of carbonyl (C=O) groups excluding carboxylic acids is 1. The molecule has 0 bridgehead atoms. The first-order valence-electron chi connectivity index (χ1n) is 9.17. The minimum absolute atomic E-state index is 0.0587. The lowest BCUT2D eigenvalue weighted by atomic mass is 9.92. The summed E-state index contributed by atoms with van der Waals surface area (Å²) in [5, 5.41) is 0. The van der Waals surface area contributed by atoms with E-state index in [-0.39, 0.29) is 11.5 Å². The molecule has 2 fully saturated rings. The minimum Gasteiger partial charge on any atom is -0.375 e. The van der Waals surface area contributed by atoms with Gasteiger partial charge in [0.05, 0.1) is 11.2 Å². The first-order chi connectivity index (χ1) is 11.3. The highest BCUT2D eigenvalue weighted by Crippen LogP contribution is 2.35. The molecule has 2 saturated heterocycles. The average molecular weight is 314 g/mol. The number of likely N-dealkylation sites (tertiary alicyclic amines) is 1. The molecule has 0 radical (unpaired) electrons. The van der Waals surface area contributed by atoms with E-state index < -0.39 is 0 Å². The van der Waals surface area contributed by atoms with Crippen LogP contribution in [-0.4, -0.2) is 41.1 Å². The van der Waals surface area contributed by atoms with Crippen LogP contribution >= 0.6 is 0 Å². The van der Waals surface area contributed by atoms with Crippen molar-refractivity contribution in [2.75, 3.05) is 19.7 Å². The number of hydrogen-bond donors (Lipinski definition) is 0. The second kappa shape index (κ2) is 6.23. The zero-order valence-corrected chi connectivity index (χ0v) is 13.9. The predicted molar refractivity (Wildman–Crippen MR) is 88.6 cm³/mol. The Labute approximate surface area is 138 Å². The summed E-state index contributed by atoms with van der Waals surface area (Å²) in [5.74, 6) is 0.154. The molecule has 4 nitrogen and oxygen atoms in total. The third-order valence-electron chi connectivity index (χ3n) is 5.79. The van der Waals surface area contributed by atoms with Crippen molar-refractivity contribution in [2.24, 2.45) is 0 Å². The number of nitrogens with zero attached hydrogens (tertiary/aromatic N) is 2. The largest absolute Gasteiger partial charge is 0.375 e. The summed E-state index contributed by atoms with van der Waals surface area (Å²) >= 11 is 0. The molecule has 1 amide bonds. The van der Waals surface area contributed by atoms with Gasteiger partial charge in [-0.2, -0.15) is 0 Å². The summed E-state index contributed by atoms with van der Waals surface area (Å²) < 4.78 is 6.02. The van der Waals surface area contributed by atoms with Gasteiger partial charge in [-0.1, -0.05) is 0 Å². The highest BCUT2D eigenvalue weighted by Gasteiger charge is 2.37. The van der Waals surface area contributed by atoms with Crippen molar-refractivity contribution in [1.29, 1.82) is 0 Å². The number of aromatic nitrogens is 1. The molecule has 4 rings (SSSR count). The molecule has 1 spiro atoms. The summed E-state index contributed by atoms with van der Waals surface area (Å²) in [6.45, 7) is 2.56. The molecule has 1 atom stereocenters. The van der Waals surface area contributed by atoms with E-state index in [4.69, 9.17) is 4.74 Å². The van der Waals surface area contributed by atoms with Gasteiger partial charge in [0.15, 0.2) is 0 Å². The molecule has 4 heteroatoms. The lowest BCUT2D eigenvalue weighted by molar-refractivity contribution is -0.00691. The summed E-state index contributed by atoms with van der Waals surface area (Å²) in [5.41, 5.74) is 3.31. The van der Waals surface area contributed by atoms with Crippen molar-refractivity contribution in [3.63, 3.8) is 0 Å². The fourth-order valence-corrected chi connectivity index (χ4v) is 4.41. The summed E-state index contributed by atoms with van der Waals surface area (Å²) in [6, 6.07) is 2.09. The molecule has 3 heterocycles. The summed E-state index contributed by atoms with van der Waals surface area (Å²) in [4.78, 5) is 19.5. The van der Waals surface area contributed by atoms with Gasteiger partial charge in [-0.25, -0.2) is 0 Å². The van der Waals surface area contributed by atoms with Crippen molar-refractivity contribution in [3.05, 3.63) is 29.1 Å². The number of carbonyl (C=O) groups is 1. The molecular weight excluding hydrogens is 288 g/mol. The molecule has 0 aromatic carbocycles. The van der Waals surface area contributed by atoms with Crippen molar-refractivity contribution < 1.29 is 9.53 Å². The van der Waals surface area contributed by atoms with Crippen LogP contribution < -0.4 is 0 Å². The van der Waals surface area contributed by atoms with Crippen LogP contribution in [0.25, 0.3) is 0 Å². The molecule has 124 valence electrons. The standard InChI is InChI=1S/C19H26N2O2/c22-18(16-13-15-5-1-2-6-17(15)20-14-16)21-10-3-7-19(9-11-21)8-4-12-23-19/h13-14H,1-12H2/t19-/m0/s1. The van der Waals surface area contributed by atoms with Crippen LogP contribution in [0.15, 0.2) is 12.3 Å². The van der Waals surface area contributed by atoms with Gasteiger partial charge in [0.1, 0.15) is 0 Å². The van der Waals surface area contributed by atoms with Gasteiger partial charge in [-0.3, -0.25) is 9.78 Å². The fraction of sp³-hybridized carbons (Fsp3) is 0.684. The summed E-state index contributed by atoms with van der Waals surface area (Å²) in [7, 11) is 0. The molecule has 1 aromatic heterocycles. The van der Waals surface area contributed by atoms with Crippen LogP contribution in [0, 0.1) is 0 Å². The Morgan fingerprint density at radius 3 is 2.83 bits per heavy atom. The van der Waals surface area contributed by atoms with Gasteiger partial charge in [0.25, 0.3) is 5.91 Å². The molecule has 2 aliphatic heterocycles. The third kappa shape index (κ3) is 3.01. The van der Waals surface area contributed by atoms with Crippen LogP contribution in [0.4, 0.5) is 0 Å². The van der Waals surface area contributed by atoms with E-state index in [1.165, 1.54) is 30.5 Å². The maximum Gasteiger partial charge on any atom is 0.255 e. The van der Waals surface area contributed by atoms with Gasteiger partial charge >= 0.3 is 0 Å². The van der Waals surface area contributed by atoms with Gasteiger partial charge in [-0.05, 0) is 69.4 Å². The summed E-state index contributed by atoms with van der Waals surface area (Å²) in [6.07, 6.45) is 11.8. The molecule has 1 aromatic rings. The maximum atomic E-state index is 12.9. The van der Waals surface area contributed by atoms with Gasteiger partial charge in [0, 0.05) is 31.6 Å². The Kier molecular flexibility index (Phi) is 4.10. The lowest BCUT2D eigenvalue weighted by Gasteiger charge is -2.27. The van der Waals surface area contributed by atoms with E-state index in [0.717, 1.165) is 63.8 Å². The molecular formula is C19H26N2O2. The number of fused-ring (bicyclic) bond motifs is 1. The fourth-order valence-electron chi connectivity index (χ4n) is 4.41. The van der Waals surface area contributed by atoms with Crippen LogP contribution in [-0.2, 0) is 17.6 Å². The first kappa shape index (κ1) is 15.1. The van der Waals surface area contributed by atoms with Crippen LogP contribution in [0.3, 0.4) is 0 Å². The molecule has 0 N–H and O–H groups in total. The molecule has 0 saturated carbocycles. The number of hydrogen-bond acceptors (Lipinski definition) is 3. The lowest BCUT2D eigenvalue weighted by Crippen LogP contribution is -2.34. The SMILES string of the molecule is O=C(c1cnc2c(c1)CCCC2)N1CCC[C@]2(CCCO2)CC1. The Morgan fingerprint density at radius 1 is 1.09 bits per heavy atom. The molecule has 0 unspecified atom stereocenters. The Bertz CT molecular complexity index is 593. The Hall–Kier alpha value is -1.42. The van der Waals surface area contributed by atoms with Crippen molar-refractivity contribution in [2.45, 2.75) is 63.4 Å². The predicted octanol–water partition coefficient (Wildman–Crippen LogP) is 3.14. The number of pyridine rings is 1. The van der Waals surface area contributed by atoms with Crippen molar-refractivity contribution in [3.8, 4) is 0 Å². The van der Waals surface area contributed by atoms with Crippen LogP contribution in [0.1, 0.15) is 66.6 Å². The molecule has 1 aliphatic carbocycles. The van der Waals surface area contributed by atoms with E-state index in [0.29, 0.717) is 0 Å². The quantitative estimate of drug-likeness (QED) is 0.800. The maximum absolute atomic E-state index is 12.9. The van der Waals surface area contributed by atoms with Gasteiger partial charge < -0.3 is 9.64 Å². The van der Waals surface area contributed by atoms with Gasteiger partial charge in [0.2, 0.25) is 0 Å². The first-order valence-corrected chi connectivity index (χ1v) is 9.17. The van der Waals surface area contributed by atoms with E-state index in [1.54, 1.807) is 6.20 Å². The topological polar surface area (TPSA) is 42.4 Å². The highest BCUT2D eigenvalue weighted by molar-refractivity contribution is 5.94. The smallest absolute Gasteiger partial charge is 0.255 e. The number of aryl methyl sites for hydroxylation is 2. The monoisotopic (exact) mass is 314 g/mol. The Morgan fingerprint density at radius 2 is 1.96 bits per heavy atom. The van der Waals surface area contributed by atoms with Crippen molar-refractivity contribution >= 4 is 5.91 Å². The van der Waals surface area contributed by atoms with Crippen molar-refractivity contribution in [1.82, 2.24) is 9.88 Å². The molecule has 3 aliphatic rings. The normalized spacial score (nSPS) is 27.7. The number of rotatable bonds is 1. The van der Waals surface area contributed by atoms with Gasteiger partial charge in [-0.15, -0.1) is 0 Å². The minimum atomic E-state index is 0.0587. The van der Waals surface area contributed by atoms with E-state index in [1.807, 2.05) is 4.90 Å². The highest BCUT2D eigenvalue weighted by atomic mass is 16.5. The zero-order valence-electron chi connectivity index (χ0n) is 13.9.